The van der Waals surface area contributed by atoms with E-state index in [0.717, 1.165) is 0 Å². The summed E-state index contributed by atoms with van der Waals surface area (Å²) in [6.45, 7) is 9.24. The van der Waals surface area contributed by atoms with Gasteiger partial charge in [0.05, 0.1) is 0 Å². The van der Waals surface area contributed by atoms with Gasteiger partial charge in [0.25, 0.3) is 0 Å². The van der Waals surface area contributed by atoms with Crippen molar-refractivity contribution in [1.29, 1.82) is 0 Å². The number of hydrogen-bond acceptors (Lipinski definition) is 0. The van der Waals surface area contributed by atoms with E-state index in [1.807, 2.05) is 0 Å². The van der Waals surface area contributed by atoms with Crippen molar-refractivity contribution >= 4 is 0 Å². The first-order chi connectivity index (χ1) is 6.06. The Bertz CT molecular complexity index is 97.1. The first kappa shape index (κ1) is 13.0. The van der Waals surface area contributed by atoms with Crippen LogP contribution in [0.5, 0.6) is 0 Å². The van der Waals surface area contributed by atoms with Gasteiger partial charge in [0.15, 0.2) is 0 Å². The highest BCUT2D eigenvalue weighted by atomic mass is 14.1. The fourth-order valence-corrected chi connectivity index (χ4v) is 1.44. The molecule has 0 saturated heterocycles. The molecule has 0 heterocycles. The van der Waals surface area contributed by atoms with Gasteiger partial charge in [0, 0.05) is 0 Å². The largest absolute Gasteiger partial charge is 0.0654 e. The summed E-state index contributed by atoms with van der Waals surface area (Å²) < 4.78 is 0. The van der Waals surface area contributed by atoms with Crippen LogP contribution in [-0.4, -0.2) is 0 Å². The summed E-state index contributed by atoms with van der Waals surface area (Å²) in [6.07, 6.45) is 12.0. The molecule has 0 aromatic heterocycles. The molecule has 0 nitrogen and oxygen atoms in total. The predicted molar refractivity (Wildman–Crippen MR) is 61.7 cm³/mol. The first-order valence-electron chi connectivity index (χ1n) is 5.88. The van der Waals surface area contributed by atoms with E-state index in [4.69, 9.17) is 0 Å². The third-order valence-corrected chi connectivity index (χ3v) is 2.35. The van der Waals surface area contributed by atoms with E-state index in [-0.39, 0.29) is 0 Å². The summed E-state index contributed by atoms with van der Waals surface area (Å²) in [5, 5.41) is 0. The third kappa shape index (κ3) is 12.0. The molecule has 0 N–H and O–H groups in total. The number of rotatable bonds is 7. The van der Waals surface area contributed by atoms with Gasteiger partial charge in [0.1, 0.15) is 0 Å². The molecule has 0 aliphatic rings. The second-order valence-corrected chi connectivity index (χ2v) is 5.24. The summed E-state index contributed by atoms with van der Waals surface area (Å²) in [5.74, 6) is 0. The molecule has 0 saturated carbocycles. The quantitative estimate of drug-likeness (QED) is 0.488. The van der Waals surface area contributed by atoms with E-state index in [1.165, 1.54) is 44.9 Å². The topological polar surface area (TPSA) is 0 Å². The molecule has 0 bridgehead atoms. The van der Waals surface area contributed by atoms with Gasteiger partial charge in [-0.15, -0.1) is 0 Å². The Morgan fingerprint density at radius 1 is 0.923 bits per heavy atom. The number of unbranched alkanes of at least 4 members (excludes halogenated alkanes) is 6. The van der Waals surface area contributed by atoms with E-state index in [2.05, 4.69) is 34.1 Å². The van der Waals surface area contributed by atoms with Crippen molar-refractivity contribution in [2.24, 2.45) is 5.41 Å². The normalized spacial score (nSPS) is 12.0. The van der Waals surface area contributed by atoms with Crippen molar-refractivity contribution in [3.8, 4) is 0 Å². The molecular formula is C13H27. The molecule has 0 amide bonds. The van der Waals surface area contributed by atoms with Crippen molar-refractivity contribution in [3.05, 3.63) is 6.42 Å². The Morgan fingerprint density at radius 2 is 1.54 bits per heavy atom. The van der Waals surface area contributed by atoms with Crippen LogP contribution in [0, 0.1) is 11.8 Å². The van der Waals surface area contributed by atoms with Crippen molar-refractivity contribution in [1.82, 2.24) is 0 Å². The molecule has 0 aliphatic carbocycles. The van der Waals surface area contributed by atoms with E-state index in [9.17, 15) is 0 Å². The van der Waals surface area contributed by atoms with Crippen LogP contribution in [0.15, 0.2) is 0 Å². The average Bonchev–Trinajstić information content (AvgIpc) is 2.01. The fraction of sp³-hybridized carbons (Fsp3) is 0.923. The molecule has 0 aromatic carbocycles. The summed E-state index contributed by atoms with van der Waals surface area (Å²) in [4.78, 5) is 0. The van der Waals surface area contributed by atoms with Crippen LogP contribution in [0.4, 0.5) is 0 Å². The zero-order chi connectivity index (χ0) is 10.2. The van der Waals surface area contributed by atoms with Crippen LogP contribution < -0.4 is 0 Å². The Hall–Kier alpha value is 0. The fourth-order valence-electron chi connectivity index (χ4n) is 1.44. The molecular weight excluding hydrogens is 156 g/mol. The van der Waals surface area contributed by atoms with Gasteiger partial charge in [-0.3, -0.25) is 0 Å². The highest BCUT2D eigenvalue weighted by Gasteiger charge is 2.08. The molecule has 13 heavy (non-hydrogen) atoms. The minimum Gasteiger partial charge on any atom is -0.0654 e. The summed E-state index contributed by atoms with van der Waals surface area (Å²) in [7, 11) is 0. The van der Waals surface area contributed by atoms with E-state index >= 15 is 0 Å². The van der Waals surface area contributed by atoms with Crippen LogP contribution in [0.3, 0.4) is 0 Å². The summed E-state index contributed by atoms with van der Waals surface area (Å²) >= 11 is 0. The van der Waals surface area contributed by atoms with Gasteiger partial charge < -0.3 is 0 Å². The maximum atomic E-state index is 2.46. The highest BCUT2D eigenvalue weighted by molar-refractivity contribution is 4.66. The first-order valence-corrected chi connectivity index (χ1v) is 5.88. The van der Waals surface area contributed by atoms with Crippen LogP contribution in [0.1, 0.15) is 72.6 Å². The average molecular weight is 183 g/mol. The zero-order valence-corrected chi connectivity index (χ0v) is 10.0. The lowest BCUT2D eigenvalue weighted by Gasteiger charge is -2.17. The summed E-state index contributed by atoms with van der Waals surface area (Å²) in [6, 6.07) is 0. The lowest BCUT2D eigenvalue weighted by atomic mass is 9.89. The van der Waals surface area contributed by atoms with Crippen molar-refractivity contribution < 1.29 is 0 Å². The molecule has 0 aromatic rings. The molecule has 0 spiro atoms. The van der Waals surface area contributed by atoms with Crippen LogP contribution in [-0.2, 0) is 0 Å². The summed E-state index contributed by atoms with van der Waals surface area (Å²) in [5.41, 5.74) is 0.531. The molecule has 0 rings (SSSR count). The predicted octanol–water partition coefficient (Wildman–Crippen LogP) is 4.99. The van der Waals surface area contributed by atoms with Crippen molar-refractivity contribution in [3.63, 3.8) is 0 Å². The Labute approximate surface area is 85.1 Å². The zero-order valence-electron chi connectivity index (χ0n) is 10.0. The standard InChI is InChI=1S/C13H27/c1-5-6-7-8-9-10-11-12-13(2,3)4/h8H,5-7,9-12H2,1-4H3. The minimum absolute atomic E-state index is 0.531. The molecule has 0 unspecified atom stereocenters. The molecule has 1 radical (unpaired) electrons. The smallest absolute Gasteiger partial charge is 0.0383 e. The Balaban J connectivity index is 3.00. The maximum Gasteiger partial charge on any atom is -0.0383 e. The van der Waals surface area contributed by atoms with Gasteiger partial charge >= 0.3 is 0 Å². The Morgan fingerprint density at radius 3 is 2.08 bits per heavy atom. The molecule has 0 fully saturated rings. The lowest BCUT2D eigenvalue weighted by molar-refractivity contribution is 0.360. The van der Waals surface area contributed by atoms with Gasteiger partial charge in [-0.2, -0.15) is 0 Å². The Kier molecular flexibility index (Phi) is 7.41. The second-order valence-electron chi connectivity index (χ2n) is 5.24. The lowest BCUT2D eigenvalue weighted by Crippen LogP contribution is -2.03. The van der Waals surface area contributed by atoms with Crippen molar-refractivity contribution in [2.45, 2.75) is 72.6 Å². The maximum absolute atomic E-state index is 2.46. The molecule has 79 valence electrons. The van der Waals surface area contributed by atoms with Gasteiger partial charge in [-0.05, 0) is 18.3 Å². The number of hydrogen-bond donors (Lipinski definition) is 0. The molecule has 0 aliphatic heterocycles. The van der Waals surface area contributed by atoms with Crippen LogP contribution in [0.25, 0.3) is 0 Å². The SMILES string of the molecule is CCCC[CH]CCCCC(C)(C)C. The van der Waals surface area contributed by atoms with Crippen molar-refractivity contribution in [2.75, 3.05) is 0 Å². The van der Waals surface area contributed by atoms with Gasteiger partial charge in [-0.25, -0.2) is 0 Å². The molecule has 0 atom stereocenters. The van der Waals surface area contributed by atoms with Crippen LogP contribution in [0.2, 0.25) is 0 Å². The minimum atomic E-state index is 0.531. The second kappa shape index (κ2) is 7.41. The van der Waals surface area contributed by atoms with E-state index in [1.54, 1.807) is 0 Å². The monoisotopic (exact) mass is 183 g/mol. The van der Waals surface area contributed by atoms with Gasteiger partial charge in [-0.1, -0.05) is 66.2 Å². The highest BCUT2D eigenvalue weighted by Crippen LogP contribution is 2.22. The van der Waals surface area contributed by atoms with E-state index < -0.39 is 0 Å². The van der Waals surface area contributed by atoms with Crippen LogP contribution >= 0.6 is 0 Å². The molecule has 0 heteroatoms. The third-order valence-electron chi connectivity index (χ3n) is 2.35. The van der Waals surface area contributed by atoms with Gasteiger partial charge in [0.2, 0.25) is 0 Å². The van der Waals surface area contributed by atoms with E-state index in [0.29, 0.717) is 5.41 Å².